The monoisotopic (exact) mass is 376 g/mol. The van der Waals surface area contributed by atoms with E-state index in [1.54, 1.807) is 0 Å². The van der Waals surface area contributed by atoms with Crippen LogP contribution in [0.5, 0.6) is 0 Å². The van der Waals surface area contributed by atoms with Crippen molar-refractivity contribution < 1.29 is 9.59 Å². The van der Waals surface area contributed by atoms with Gasteiger partial charge in [0.1, 0.15) is 0 Å². The van der Waals surface area contributed by atoms with Crippen molar-refractivity contribution in [3.63, 3.8) is 0 Å². The van der Waals surface area contributed by atoms with Crippen LogP contribution in [0.1, 0.15) is 85.5 Å². The first kappa shape index (κ1) is 18.7. The van der Waals surface area contributed by atoms with Crippen molar-refractivity contribution in [2.24, 2.45) is 0 Å². The molecule has 0 saturated heterocycles. The van der Waals surface area contributed by atoms with E-state index in [0.717, 1.165) is 22.3 Å². The molecule has 2 heterocycles. The van der Waals surface area contributed by atoms with E-state index in [-0.39, 0.29) is 35.0 Å². The molecule has 0 fully saturated rings. The minimum atomic E-state index is -0.370. The van der Waals surface area contributed by atoms with Crippen molar-refractivity contribution in [2.45, 2.75) is 64.7 Å². The molecule has 4 rings (SSSR count). The zero-order valence-corrected chi connectivity index (χ0v) is 17.5. The van der Waals surface area contributed by atoms with Gasteiger partial charge in [0.05, 0.1) is 12.1 Å². The smallest absolute Gasteiger partial charge is 0.255 e. The lowest BCUT2D eigenvalue weighted by atomic mass is 9.89. The molecule has 0 aromatic heterocycles. The molecule has 4 nitrogen and oxygen atoms in total. The molecule has 4 heteroatoms. The Bertz CT molecular complexity index is 886. The molecule has 2 aliphatic heterocycles. The zero-order valence-electron chi connectivity index (χ0n) is 17.5. The van der Waals surface area contributed by atoms with Crippen LogP contribution in [0.2, 0.25) is 0 Å². The number of hydrogen-bond acceptors (Lipinski definition) is 2. The van der Waals surface area contributed by atoms with Gasteiger partial charge in [0, 0.05) is 22.2 Å². The number of fused-ring (bicyclic) bond motifs is 2. The van der Waals surface area contributed by atoms with Crippen LogP contribution in [0.25, 0.3) is 0 Å². The maximum absolute atomic E-state index is 13.4. The van der Waals surface area contributed by atoms with Gasteiger partial charge in [-0.3, -0.25) is 9.59 Å². The molecule has 2 aliphatic rings. The molecule has 0 spiro atoms. The molecule has 0 radical (unpaired) electrons. The van der Waals surface area contributed by atoms with Gasteiger partial charge in [-0.1, -0.05) is 36.4 Å². The number of rotatable bonds is 1. The second-order valence-electron chi connectivity index (χ2n) is 9.76. The van der Waals surface area contributed by atoms with Crippen molar-refractivity contribution in [2.75, 3.05) is 0 Å². The van der Waals surface area contributed by atoms with Gasteiger partial charge in [0.25, 0.3) is 11.8 Å². The summed E-state index contributed by atoms with van der Waals surface area (Å²) >= 11 is 0. The third-order valence-corrected chi connectivity index (χ3v) is 5.76. The first-order chi connectivity index (χ1) is 13.0. The Morgan fingerprint density at radius 1 is 0.607 bits per heavy atom. The minimum absolute atomic E-state index is 0.0405. The first-order valence-corrected chi connectivity index (χ1v) is 9.88. The molecule has 0 saturated carbocycles. The summed E-state index contributed by atoms with van der Waals surface area (Å²) in [6, 6.07) is 15.2. The van der Waals surface area contributed by atoms with Crippen LogP contribution in [0.3, 0.4) is 0 Å². The lowest BCUT2D eigenvalue weighted by molar-refractivity contribution is 0.00797. The predicted molar refractivity (Wildman–Crippen MR) is 110 cm³/mol. The van der Waals surface area contributed by atoms with Crippen molar-refractivity contribution in [1.82, 2.24) is 9.80 Å². The molecule has 146 valence electrons. The summed E-state index contributed by atoms with van der Waals surface area (Å²) in [6.45, 7) is 12.4. The highest BCUT2D eigenvalue weighted by Gasteiger charge is 2.53. The van der Waals surface area contributed by atoms with Gasteiger partial charge in [-0.15, -0.1) is 0 Å². The van der Waals surface area contributed by atoms with Gasteiger partial charge in [0.2, 0.25) is 0 Å². The molecule has 28 heavy (non-hydrogen) atoms. The fourth-order valence-electron chi connectivity index (χ4n) is 4.76. The van der Waals surface area contributed by atoms with E-state index in [1.165, 1.54) is 0 Å². The number of hydrogen-bond donors (Lipinski definition) is 0. The summed E-state index contributed by atoms with van der Waals surface area (Å²) < 4.78 is 0. The molecule has 2 amide bonds. The summed E-state index contributed by atoms with van der Waals surface area (Å²) in [5, 5.41) is 0. The summed E-state index contributed by atoms with van der Waals surface area (Å²) in [5.74, 6) is 0.0811. The van der Waals surface area contributed by atoms with Crippen LogP contribution in [0.15, 0.2) is 48.5 Å². The predicted octanol–water partition coefficient (Wildman–Crippen LogP) is 4.98. The molecule has 2 atom stereocenters. The minimum Gasteiger partial charge on any atom is -0.324 e. The summed E-state index contributed by atoms with van der Waals surface area (Å²) in [7, 11) is 0. The Kier molecular flexibility index (Phi) is 3.97. The molecular formula is C24H28N2O2. The third-order valence-electron chi connectivity index (χ3n) is 5.76. The molecule has 0 aliphatic carbocycles. The lowest BCUT2D eigenvalue weighted by Crippen LogP contribution is -2.51. The Hall–Kier alpha value is -2.62. The number of nitrogens with zero attached hydrogens (tertiary/aromatic N) is 2. The quantitative estimate of drug-likeness (QED) is 0.704. The van der Waals surface area contributed by atoms with E-state index >= 15 is 0 Å². The maximum Gasteiger partial charge on any atom is 0.255 e. The van der Waals surface area contributed by atoms with Crippen molar-refractivity contribution in [3.05, 3.63) is 70.8 Å². The highest BCUT2D eigenvalue weighted by molar-refractivity contribution is 6.02. The zero-order chi connectivity index (χ0) is 20.4. The highest BCUT2D eigenvalue weighted by Crippen LogP contribution is 2.52. The van der Waals surface area contributed by atoms with Crippen LogP contribution in [0, 0.1) is 0 Å². The Balaban J connectivity index is 1.98. The van der Waals surface area contributed by atoms with Crippen molar-refractivity contribution >= 4 is 11.8 Å². The SMILES string of the molecule is CC(C)(C)N1C(=O)c2ccccc2C1C1c2ccccc2C(=O)N1C(C)(C)C. The van der Waals surface area contributed by atoms with Crippen LogP contribution >= 0.6 is 0 Å². The molecule has 2 unspecified atom stereocenters. The van der Waals surface area contributed by atoms with Gasteiger partial charge in [-0.05, 0) is 64.8 Å². The average Bonchev–Trinajstić information content (AvgIpc) is 3.07. The van der Waals surface area contributed by atoms with Gasteiger partial charge in [-0.25, -0.2) is 0 Å². The number of carbonyl (C=O) groups excluding carboxylic acids is 2. The third kappa shape index (κ3) is 2.58. The van der Waals surface area contributed by atoms with Gasteiger partial charge < -0.3 is 9.80 Å². The van der Waals surface area contributed by atoms with E-state index in [2.05, 4.69) is 41.5 Å². The van der Waals surface area contributed by atoms with Gasteiger partial charge in [-0.2, -0.15) is 0 Å². The standard InChI is InChI=1S/C24H28N2O2/c1-23(2,3)25-19(15-11-7-9-13-17(15)21(25)27)20-16-12-8-10-14-18(16)22(28)26(20)24(4,5)6/h7-14,19-20H,1-6H3. The Labute approximate surface area is 167 Å². The second-order valence-corrected chi connectivity index (χ2v) is 9.76. The molecule has 2 aromatic carbocycles. The van der Waals surface area contributed by atoms with Crippen LogP contribution in [-0.4, -0.2) is 32.7 Å². The largest absolute Gasteiger partial charge is 0.324 e. The van der Waals surface area contributed by atoms with Crippen molar-refractivity contribution in [3.8, 4) is 0 Å². The summed E-state index contributed by atoms with van der Waals surface area (Å²) in [4.78, 5) is 30.7. The van der Waals surface area contributed by atoms with Gasteiger partial charge >= 0.3 is 0 Å². The van der Waals surface area contributed by atoms with E-state index in [0.29, 0.717) is 0 Å². The average molecular weight is 377 g/mol. The van der Waals surface area contributed by atoms with Crippen LogP contribution < -0.4 is 0 Å². The Morgan fingerprint density at radius 3 is 1.25 bits per heavy atom. The molecule has 2 aromatic rings. The number of amides is 2. The summed E-state index contributed by atoms with van der Waals surface area (Å²) in [5.41, 5.74) is 2.76. The maximum atomic E-state index is 13.4. The number of benzene rings is 2. The number of carbonyl (C=O) groups is 2. The first-order valence-electron chi connectivity index (χ1n) is 9.88. The molecule has 0 bridgehead atoms. The van der Waals surface area contributed by atoms with Crippen LogP contribution in [-0.2, 0) is 0 Å². The fourth-order valence-corrected chi connectivity index (χ4v) is 4.76. The van der Waals surface area contributed by atoms with E-state index in [9.17, 15) is 9.59 Å². The second kappa shape index (κ2) is 5.94. The van der Waals surface area contributed by atoms with E-state index in [1.807, 2.05) is 58.3 Å². The molecule has 0 N–H and O–H groups in total. The topological polar surface area (TPSA) is 40.6 Å². The molecular weight excluding hydrogens is 348 g/mol. The highest BCUT2D eigenvalue weighted by atomic mass is 16.2. The lowest BCUT2D eigenvalue weighted by Gasteiger charge is -2.46. The Morgan fingerprint density at radius 2 is 0.929 bits per heavy atom. The van der Waals surface area contributed by atoms with Crippen molar-refractivity contribution in [1.29, 1.82) is 0 Å². The van der Waals surface area contributed by atoms with E-state index in [4.69, 9.17) is 0 Å². The van der Waals surface area contributed by atoms with Gasteiger partial charge in [0.15, 0.2) is 0 Å². The summed E-state index contributed by atoms with van der Waals surface area (Å²) in [6.07, 6.45) is 0. The van der Waals surface area contributed by atoms with Crippen LogP contribution in [0.4, 0.5) is 0 Å². The fraction of sp³-hybridized carbons (Fsp3) is 0.417. The van der Waals surface area contributed by atoms with E-state index < -0.39 is 0 Å². The normalized spacial score (nSPS) is 21.9.